The summed E-state index contributed by atoms with van der Waals surface area (Å²) >= 11 is 0. The number of ether oxygens (including phenoxy) is 1. The van der Waals surface area contributed by atoms with Gasteiger partial charge in [-0.15, -0.1) is 0 Å². The minimum atomic E-state index is -3.86. The second-order valence-corrected chi connectivity index (χ2v) is 10.0. The third kappa shape index (κ3) is 5.36. The zero-order chi connectivity index (χ0) is 31.1. The van der Waals surface area contributed by atoms with Crippen LogP contribution in [0.4, 0.5) is 13.2 Å². The Morgan fingerprint density at radius 1 is 0.977 bits per heavy atom. The maximum absolute atomic E-state index is 15.8. The van der Waals surface area contributed by atoms with Gasteiger partial charge < -0.3 is 9.84 Å². The van der Waals surface area contributed by atoms with E-state index in [2.05, 4.69) is 4.98 Å². The molecule has 3 heterocycles. The van der Waals surface area contributed by atoms with Crippen LogP contribution < -0.4 is 5.56 Å². The van der Waals surface area contributed by atoms with Gasteiger partial charge in [0.15, 0.2) is 11.3 Å². The molecule has 0 atom stereocenters. The van der Waals surface area contributed by atoms with Crippen molar-refractivity contribution in [3.8, 4) is 5.75 Å². The second kappa shape index (κ2) is 11.3. The van der Waals surface area contributed by atoms with E-state index in [1.54, 1.807) is 19.1 Å². The largest absolute Gasteiger partial charge is 0.505 e. The molecule has 0 unspecified atom stereocenters. The van der Waals surface area contributed by atoms with Gasteiger partial charge in [-0.1, -0.05) is 31.2 Å². The monoisotopic (exact) mass is 593 g/mol. The van der Waals surface area contributed by atoms with Crippen molar-refractivity contribution in [3.63, 3.8) is 0 Å². The number of benzene rings is 2. The predicted octanol–water partition coefficient (Wildman–Crippen LogP) is 4.50. The quantitative estimate of drug-likeness (QED) is 0.224. The van der Waals surface area contributed by atoms with Crippen LogP contribution in [0, 0.1) is 5.82 Å². The number of fused-ring (bicyclic) bond motifs is 2. The number of imide groups is 1. The van der Waals surface area contributed by atoms with Crippen molar-refractivity contribution in [1.29, 1.82) is 0 Å². The number of aromatic hydroxyl groups is 1. The van der Waals surface area contributed by atoms with E-state index in [9.17, 15) is 28.7 Å². The summed E-state index contributed by atoms with van der Waals surface area (Å²) in [6.07, 6.45) is 1.80. The first-order chi connectivity index (χ1) is 20.5. The Labute approximate surface area is 243 Å². The van der Waals surface area contributed by atoms with Crippen molar-refractivity contribution in [2.24, 2.45) is 0 Å². The number of aryl methyl sites for hydroxylation is 1. The number of amides is 2. The maximum Gasteiger partial charge on any atom is 0.347 e. The van der Waals surface area contributed by atoms with Gasteiger partial charge in [0.05, 0.1) is 36.3 Å². The van der Waals surface area contributed by atoms with E-state index in [1.807, 2.05) is 0 Å². The molecule has 0 radical (unpaired) electrons. The summed E-state index contributed by atoms with van der Waals surface area (Å²) in [6.45, 7) is 0.338. The summed E-state index contributed by atoms with van der Waals surface area (Å²) in [6, 6.07) is 11.4. The third-order valence-electron chi connectivity index (χ3n) is 7.24. The highest BCUT2D eigenvalue weighted by molar-refractivity contribution is 6.21. The molecule has 0 spiro atoms. The van der Waals surface area contributed by atoms with Crippen LogP contribution in [0.1, 0.15) is 61.6 Å². The van der Waals surface area contributed by atoms with Gasteiger partial charge in [-0.3, -0.25) is 28.8 Å². The summed E-state index contributed by atoms with van der Waals surface area (Å²) in [5, 5.41) is 11.0. The summed E-state index contributed by atoms with van der Waals surface area (Å²) in [4.78, 5) is 56.6. The average Bonchev–Trinajstić information content (AvgIpc) is 3.21. The van der Waals surface area contributed by atoms with Gasteiger partial charge in [-0.2, -0.15) is 0 Å². The molecule has 5 rings (SSSR count). The Morgan fingerprint density at radius 3 is 2.19 bits per heavy atom. The van der Waals surface area contributed by atoms with E-state index in [0.717, 1.165) is 0 Å². The fourth-order valence-corrected chi connectivity index (χ4v) is 5.30. The van der Waals surface area contributed by atoms with Crippen molar-refractivity contribution in [2.75, 3.05) is 13.2 Å². The Bertz CT molecular complexity index is 1800. The van der Waals surface area contributed by atoms with Crippen LogP contribution in [-0.4, -0.2) is 56.4 Å². The highest BCUT2D eigenvalue weighted by Gasteiger charge is 2.43. The Morgan fingerprint density at radius 2 is 1.60 bits per heavy atom. The van der Waals surface area contributed by atoms with Gasteiger partial charge in [0.25, 0.3) is 23.3 Å². The lowest BCUT2D eigenvalue weighted by Gasteiger charge is -2.25. The molecular weight excluding hydrogens is 567 g/mol. The zero-order valence-corrected chi connectivity index (χ0v) is 23.2. The Hall–Kier alpha value is -5.00. The Balaban J connectivity index is 1.64. The SMILES string of the molecule is CCOC(=O)c1c(O)c2ncc(Cc3ccc(F)cc3)c(CC)c2n(CC(F)(F)CN2C(=O)c3ccccc3C2=O)c1=O. The van der Waals surface area contributed by atoms with E-state index in [0.29, 0.717) is 26.2 Å². The van der Waals surface area contributed by atoms with E-state index in [4.69, 9.17) is 4.74 Å². The first kappa shape index (κ1) is 29.5. The van der Waals surface area contributed by atoms with Crippen LogP contribution in [0.5, 0.6) is 5.75 Å². The fourth-order valence-electron chi connectivity index (χ4n) is 5.30. The van der Waals surface area contributed by atoms with Crippen molar-refractivity contribution < 1.29 is 37.4 Å². The van der Waals surface area contributed by atoms with E-state index in [-0.39, 0.29) is 41.6 Å². The molecule has 1 aliphatic heterocycles. The number of alkyl halides is 2. The van der Waals surface area contributed by atoms with Crippen LogP contribution in [0.3, 0.4) is 0 Å². The second-order valence-electron chi connectivity index (χ2n) is 10.0. The van der Waals surface area contributed by atoms with Crippen LogP contribution in [0.15, 0.2) is 59.5 Å². The molecule has 1 N–H and O–H groups in total. The number of carbonyl (C=O) groups excluding carboxylic acids is 3. The molecule has 222 valence electrons. The van der Waals surface area contributed by atoms with E-state index >= 15 is 8.78 Å². The fraction of sp³-hybridized carbons (Fsp3) is 0.258. The molecule has 0 fully saturated rings. The molecule has 4 aromatic rings. The predicted molar refractivity (Wildman–Crippen MR) is 149 cm³/mol. The van der Waals surface area contributed by atoms with Gasteiger partial charge in [-0.05, 0) is 60.7 Å². The number of hydrogen-bond donors (Lipinski definition) is 1. The minimum Gasteiger partial charge on any atom is -0.505 e. The molecule has 2 amide bonds. The van der Waals surface area contributed by atoms with Crippen molar-refractivity contribution in [3.05, 3.63) is 104 Å². The number of nitrogens with zero attached hydrogens (tertiary/aromatic N) is 3. The molecule has 9 nitrogen and oxygen atoms in total. The zero-order valence-electron chi connectivity index (χ0n) is 23.2. The molecule has 2 aromatic carbocycles. The standard InChI is InChI=1S/C31H26F3N3O6/c1-3-20-18(13-17-9-11-19(32)12-10-17)14-35-24-25(20)36(29(41)23(26(24)38)30(42)43-4-2)15-31(33,34)16-37-27(39)21-7-5-6-8-22(21)28(37)40/h5-12,14,38H,3-4,13,15-16H2,1-2H3. The van der Waals surface area contributed by atoms with Crippen molar-refractivity contribution in [2.45, 2.75) is 39.2 Å². The molecule has 2 aromatic heterocycles. The lowest BCUT2D eigenvalue weighted by molar-refractivity contribution is -0.0359. The van der Waals surface area contributed by atoms with Gasteiger partial charge in [0, 0.05) is 6.20 Å². The number of hydrogen-bond acceptors (Lipinski definition) is 7. The molecule has 0 bridgehead atoms. The number of halogens is 3. The number of rotatable bonds is 9. The third-order valence-corrected chi connectivity index (χ3v) is 7.24. The van der Waals surface area contributed by atoms with Crippen molar-refractivity contribution in [1.82, 2.24) is 14.5 Å². The summed E-state index contributed by atoms with van der Waals surface area (Å²) in [7, 11) is 0. The first-order valence-corrected chi connectivity index (χ1v) is 13.5. The number of aromatic nitrogens is 2. The molecule has 0 aliphatic carbocycles. The maximum atomic E-state index is 15.8. The molecule has 43 heavy (non-hydrogen) atoms. The first-order valence-electron chi connectivity index (χ1n) is 13.5. The highest BCUT2D eigenvalue weighted by Crippen LogP contribution is 2.33. The molecule has 0 saturated heterocycles. The van der Waals surface area contributed by atoms with Gasteiger partial charge >= 0.3 is 5.97 Å². The smallest absolute Gasteiger partial charge is 0.347 e. The number of pyridine rings is 2. The van der Waals surface area contributed by atoms with Gasteiger partial charge in [-0.25, -0.2) is 18.0 Å². The molecule has 0 saturated carbocycles. The van der Waals surface area contributed by atoms with Gasteiger partial charge in [0.2, 0.25) is 0 Å². The summed E-state index contributed by atoms with van der Waals surface area (Å²) < 4.78 is 50.6. The average molecular weight is 594 g/mol. The number of carbonyl (C=O) groups is 3. The normalized spacial score (nSPS) is 13.1. The van der Waals surface area contributed by atoms with Crippen molar-refractivity contribution >= 4 is 28.8 Å². The summed E-state index contributed by atoms with van der Waals surface area (Å²) in [5.41, 5.74) is -0.984. The molecular formula is C31H26F3N3O6. The number of esters is 1. The van der Waals surface area contributed by atoms with E-state index in [1.165, 1.54) is 49.5 Å². The lowest BCUT2D eigenvalue weighted by atomic mass is 9.97. The minimum absolute atomic E-state index is 0.0111. The molecule has 1 aliphatic rings. The van der Waals surface area contributed by atoms with Crippen LogP contribution in [0.2, 0.25) is 0 Å². The molecule has 12 heteroatoms. The van der Waals surface area contributed by atoms with Gasteiger partial charge in [0.1, 0.15) is 11.3 Å². The Kier molecular flexibility index (Phi) is 7.78. The van der Waals surface area contributed by atoms with Crippen LogP contribution >= 0.6 is 0 Å². The topological polar surface area (TPSA) is 119 Å². The lowest BCUT2D eigenvalue weighted by Crippen LogP contribution is -2.44. The van der Waals surface area contributed by atoms with E-state index < -0.39 is 59.5 Å². The van der Waals surface area contributed by atoms with Crippen LogP contribution in [-0.2, 0) is 24.1 Å². The summed E-state index contributed by atoms with van der Waals surface area (Å²) in [5.74, 6) is -8.13. The highest BCUT2D eigenvalue weighted by atomic mass is 19.3. The van der Waals surface area contributed by atoms with Crippen LogP contribution in [0.25, 0.3) is 11.0 Å².